The molecule has 3 aromatic rings. The molecule has 1 atom stereocenters. The fourth-order valence-electron chi connectivity index (χ4n) is 5.28. The van der Waals surface area contributed by atoms with E-state index < -0.39 is 5.82 Å². The van der Waals surface area contributed by atoms with E-state index in [0.717, 1.165) is 37.9 Å². The number of nitrogens with one attached hydrogen (secondary N) is 3. The summed E-state index contributed by atoms with van der Waals surface area (Å²) in [4.78, 5) is 20.0. The second kappa shape index (κ2) is 13.7. The highest BCUT2D eigenvalue weighted by molar-refractivity contribution is 6.03. The van der Waals surface area contributed by atoms with E-state index in [-0.39, 0.29) is 36.4 Å². The summed E-state index contributed by atoms with van der Waals surface area (Å²) in [5.41, 5.74) is 2.03. The topological polar surface area (TPSA) is 106 Å². The lowest BCUT2D eigenvalue weighted by molar-refractivity contribution is 0.0766. The number of anilines is 3. The van der Waals surface area contributed by atoms with E-state index in [1.54, 1.807) is 32.3 Å². The maximum atomic E-state index is 16.1. The number of nitrogens with zero attached hydrogens (tertiary/aromatic N) is 2. The Labute approximate surface area is 245 Å². The van der Waals surface area contributed by atoms with Crippen molar-refractivity contribution in [1.29, 1.82) is 0 Å². The summed E-state index contributed by atoms with van der Waals surface area (Å²) in [6.45, 7) is 3.06. The van der Waals surface area contributed by atoms with Gasteiger partial charge >= 0.3 is 0 Å². The molecule has 42 heavy (non-hydrogen) atoms. The smallest absolute Gasteiger partial charge is 0.258 e. The first-order chi connectivity index (χ1) is 20.5. The maximum Gasteiger partial charge on any atom is 0.258 e. The number of amides is 1. The first kappa shape index (κ1) is 29.4. The van der Waals surface area contributed by atoms with Gasteiger partial charge in [0, 0.05) is 42.6 Å². The summed E-state index contributed by atoms with van der Waals surface area (Å²) in [5.74, 6) is 1.59. The number of carbonyl (C=O) groups is 1. The number of ether oxygens (including phenoxy) is 4. The monoisotopic (exact) mass is 579 g/mol. The summed E-state index contributed by atoms with van der Waals surface area (Å²) in [5, 5.41) is 9.98. The zero-order chi connectivity index (χ0) is 29.5. The third kappa shape index (κ3) is 6.69. The average Bonchev–Trinajstić information content (AvgIpc) is 3.15. The Morgan fingerprint density at radius 2 is 1.81 bits per heavy atom. The summed E-state index contributed by atoms with van der Waals surface area (Å²) in [6.07, 6.45) is 2.75. The SMILES string of the molecule is COCCOc1ccc(Nc2nc(NC3CCCNCC3)c(F)c3c2C(=O)N(Cc2ccc(OC)cc2OC)C3)cc1. The van der Waals surface area contributed by atoms with Crippen LogP contribution in [0, 0.1) is 5.82 Å². The number of rotatable bonds is 12. The number of carbonyl (C=O) groups excluding carboxylic acids is 1. The summed E-state index contributed by atoms with van der Waals surface area (Å²) in [7, 11) is 4.77. The molecular formula is C31H38FN5O5. The van der Waals surface area contributed by atoms with E-state index in [1.165, 1.54) is 0 Å². The number of hydrogen-bond acceptors (Lipinski definition) is 9. The van der Waals surface area contributed by atoms with Gasteiger partial charge in [-0.25, -0.2) is 9.37 Å². The molecule has 2 aliphatic rings. The van der Waals surface area contributed by atoms with Crippen LogP contribution >= 0.6 is 0 Å². The van der Waals surface area contributed by atoms with Gasteiger partial charge in [0.15, 0.2) is 11.6 Å². The van der Waals surface area contributed by atoms with Crippen molar-refractivity contribution < 1.29 is 28.1 Å². The average molecular weight is 580 g/mol. The Hall–Kier alpha value is -4.09. The molecule has 1 unspecified atom stereocenters. The second-order valence-corrected chi connectivity index (χ2v) is 10.3. The van der Waals surface area contributed by atoms with Gasteiger partial charge in [-0.2, -0.15) is 0 Å². The molecule has 0 radical (unpaired) electrons. The standard InChI is InChI=1S/C31H38FN5O5/c1-39-15-16-42-23-10-7-22(8-11-23)34-29-27-25(28(32)30(36-29)35-21-5-4-13-33-14-12-21)19-37(31(27)38)18-20-6-9-24(40-2)17-26(20)41-3/h6-11,17,21,33H,4-5,12-16,18-19H2,1-3H3,(H2,34,35,36). The molecule has 10 nitrogen and oxygen atoms in total. The van der Waals surface area contributed by atoms with Gasteiger partial charge in [0.05, 0.1) is 32.9 Å². The Kier molecular flexibility index (Phi) is 9.60. The number of benzene rings is 2. The van der Waals surface area contributed by atoms with Crippen LogP contribution in [-0.2, 0) is 17.8 Å². The molecule has 1 aromatic heterocycles. The number of methoxy groups -OCH3 is 3. The molecule has 5 rings (SSSR count). The van der Waals surface area contributed by atoms with Crippen LogP contribution in [0.3, 0.4) is 0 Å². The van der Waals surface area contributed by atoms with Crippen LogP contribution < -0.4 is 30.2 Å². The minimum absolute atomic E-state index is 0.0770. The molecule has 224 valence electrons. The quantitative estimate of drug-likeness (QED) is 0.263. The highest BCUT2D eigenvalue weighted by atomic mass is 19.1. The summed E-state index contributed by atoms with van der Waals surface area (Å²) < 4.78 is 37.6. The first-order valence-electron chi connectivity index (χ1n) is 14.2. The van der Waals surface area contributed by atoms with Crippen molar-refractivity contribution in [2.75, 3.05) is 58.3 Å². The molecule has 0 saturated carbocycles. The van der Waals surface area contributed by atoms with Gasteiger partial charge in [-0.3, -0.25) is 4.79 Å². The van der Waals surface area contributed by atoms with Gasteiger partial charge in [0.2, 0.25) is 0 Å². The zero-order valence-electron chi connectivity index (χ0n) is 24.3. The highest BCUT2D eigenvalue weighted by Crippen LogP contribution is 2.37. The number of halogens is 1. The van der Waals surface area contributed by atoms with Crippen LogP contribution in [0.25, 0.3) is 0 Å². The van der Waals surface area contributed by atoms with Crippen molar-refractivity contribution in [3.8, 4) is 17.2 Å². The molecule has 1 fully saturated rings. The third-order valence-electron chi connectivity index (χ3n) is 7.53. The normalized spacial score (nSPS) is 16.5. The van der Waals surface area contributed by atoms with E-state index >= 15 is 4.39 Å². The van der Waals surface area contributed by atoms with Gasteiger partial charge in [0.1, 0.15) is 29.7 Å². The van der Waals surface area contributed by atoms with E-state index in [4.69, 9.17) is 18.9 Å². The lowest BCUT2D eigenvalue weighted by Gasteiger charge is -2.19. The van der Waals surface area contributed by atoms with Crippen LogP contribution in [0.1, 0.15) is 40.7 Å². The van der Waals surface area contributed by atoms with Crippen LogP contribution in [0.15, 0.2) is 42.5 Å². The zero-order valence-corrected chi connectivity index (χ0v) is 24.3. The van der Waals surface area contributed by atoms with Crippen molar-refractivity contribution in [3.05, 3.63) is 65.0 Å². The molecule has 11 heteroatoms. The van der Waals surface area contributed by atoms with Crippen molar-refractivity contribution in [3.63, 3.8) is 0 Å². The molecule has 0 bridgehead atoms. The fourth-order valence-corrected chi connectivity index (χ4v) is 5.28. The molecule has 1 amide bonds. The van der Waals surface area contributed by atoms with Crippen LogP contribution in [0.5, 0.6) is 17.2 Å². The van der Waals surface area contributed by atoms with E-state index in [0.29, 0.717) is 47.5 Å². The minimum Gasteiger partial charge on any atom is -0.497 e. The number of hydrogen-bond donors (Lipinski definition) is 3. The molecule has 3 N–H and O–H groups in total. The van der Waals surface area contributed by atoms with E-state index in [1.807, 2.05) is 36.4 Å². The van der Waals surface area contributed by atoms with Crippen molar-refractivity contribution in [2.24, 2.45) is 0 Å². The van der Waals surface area contributed by atoms with Crippen LogP contribution in [0.2, 0.25) is 0 Å². The van der Waals surface area contributed by atoms with Crippen LogP contribution in [0.4, 0.5) is 21.7 Å². The third-order valence-corrected chi connectivity index (χ3v) is 7.53. The molecule has 0 aliphatic carbocycles. The van der Waals surface area contributed by atoms with E-state index in [9.17, 15) is 4.79 Å². The Balaban J connectivity index is 1.44. The minimum atomic E-state index is -0.493. The van der Waals surface area contributed by atoms with Gasteiger partial charge in [0.25, 0.3) is 5.91 Å². The van der Waals surface area contributed by atoms with Gasteiger partial charge in [-0.1, -0.05) is 0 Å². The van der Waals surface area contributed by atoms with Crippen LogP contribution in [-0.4, -0.2) is 69.5 Å². The molecule has 2 aromatic carbocycles. The number of pyridine rings is 1. The second-order valence-electron chi connectivity index (χ2n) is 10.3. The van der Waals surface area contributed by atoms with Crippen molar-refractivity contribution >= 4 is 23.2 Å². The van der Waals surface area contributed by atoms with Crippen molar-refractivity contribution in [2.45, 2.75) is 38.4 Å². The Morgan fingerprint density at radius 3 is 2.57 bits per heavy atom. The Bertz CT molecular complexity index is 1380. The van der Waals surface area contributed by atoms with Gasteiger partial charge < -0.3 is 39.8 Å². The largest absolute Gasteiger partial charge is 0.497 e. The maximum absolute atomic E-state index is 16.1. The Morgan fingerprint density at radius 1 is 1.00 bits per heavy atom. The van der Waals surface area contributed by atoms with Gasteiger partial charge in [-0.15, -0.1) is 0 Å². The lowest BCUT2D eigenvalue weighted by atomic mass is 10.1. The molecule has 1 saturated heterocycles. The highest BCUT2D eigenvalue weighted by Gasteiger charge is 2.36. The predicted molar refractivity (Wildman–Crippen MR) is 159 cm³/mol. The number of fused-ring (bicyclic) bond motifs is 1. The molecular weight excluding hydrogens is 541 g/mol. The van der Waals surface area contributed by atoms with Crippen molar-refractivity contribution in [1.82, 2.24) is 15.2 Å². The fraction of sp³-hybridized carbons (Fsp3) is 0.419. The molecule has 3 heterocycles. The number of aromatic nitrogens is 1. The predicted octanol–water partition coefficient (Wildman–Crippen LogP) is 4.72. The molecule has 0 spiro atoms. The first-order valence-corrected chi connectivity index (χ1v) is 14.2. The lowest BCUT2D eigenvalue weighted by Crippen LogP contribution is -2.24. The summed E-state index contributed by atoms with van der Waals surface area (Å²) >= 11 is 0. The van der Waals surface area contributed by atoms with E-state index in [2.05, 4.69) is 20.9 Å². The molecule has 2 aliphatic heterocycles. The summed E-state index contributed by atoms with van der Waals surface area (Å²) in [6, 6.07) is 12.8. The van der Waals surface area contributed by atoms with Gasteiger partial charge in [-0.05, 0) is 68.8 Å².